The van der Waals surface area contributed by atoms with Crippen molar-refractivity contribution in [3.05, 3.63) is 45.8 Å². The van der Waals surface area contributed by atoms with E-state index in [0.29, 0.717) is 42.5 Å². The Morgan fingerprint density at radius 3 is 1.56 bits per heavy atom. The topological polar surface area (TPSA) is 91.8 Å². The number of aromatic nitrogens is 2. The highest BCUT2D eigenvalue weighted by atomic mass is 16.5. The highest BCUT2D eigenvalue weighted by Crippen LogP contribution is 2.21. The molecule has 0 amide bonds. The van der Waals surface area contributed by atoms with E-state index in [1.165, 1.54) is 0 Å². The summed E-state index contributed by atoms with van der Waals surface area (Å²) in [6, 6.07) is 7.94. The maximum atomic E-state index is 9.22. The minimum absolute atomic E-state index is 0.349. The molecule has 0 saturated carbocycles. The van der Waals surface area contributed by atoms with Crippen LogP contribution in [0.5, 0.6) is 11.8 Å². The van der Waals surface area contributed by atoms with Gasteiger partial charge >= 0.3 is 0 Å². The fourth-order valence-corrected chi connectivity index (χ4v) is 2.48. The lowest BCUT2D eigenvalue weighted by molar-refractivity contribution is 0.236. The molecule has 0 aliphatic carbocycles. The molecule has 6 nitrogen and oxygen atoms in total. The summed E-state index contributed by atoms with van der Waals surface area (Å²) in [5.74, 6) is 0.699. The van der Waals surface area contributed by atoms with E-state index in [9.17, 15) is 10.5 Å². The average Bonchev–Trinajstić information content (AvgIpc) is 2.53. The van der Waals surface area contributed by atoms with Crippen LogP contribution in [-0.4, -0.2) is 23.2 Å². The fourth-order valence-electron chi connectivity index (χ4n) is 2.48. The molecule has 2 aromatic rings. The van der Waals surface area contributed by atoms with Gasteiger partial charge in [0.1, 0.15) is 23.3 Å². The number of hydrogen-bond acceptors (Lipinski definition) is 6. The molecule has 0 atom stereocenters. The maximum absolute atomic E-state index is 9.22. The molecule has 0 bridgehead atoms. The van der Waals surface area contributed by atoms with Crippen molar-refractivity contribution in [2.45, 2.75) is 34.1 Å². The molecule has 0 aromatic carbocycles. The van der Waals surface area contributed by atoms with Crippen molar-refractivity contribution in [3.63, 3.8) is 0 Å². The van der Waals surface area contributed by atoms with Crippen LogP contribution in [-0.2, 0) is 0 Å². The van der Waals surface area contributed by atoms with Gasteiger partial charge in [-0.15, -0.1) is 0 Å². The van der Waals surface area contributed by atoms with E-state index in [1.807, 2.05) is 39.8 Å². The second kappa shape index (κ2) is 8.12. The number of rotatable bonds is 6. The Labute approximate surface area is 147 Å². The Hall–Kier alpha value is -3.12. The quantitative estimate of drug-likeness (QED) is 0.752. The van der Waals surface area contributed by atoms with E-state index in [1.54, 1.807) is 0 Å². The summed E-state index contributed by atoms with van der Waals surface area (Å²) in [5.41, 5.74) is 4.21. The zero-order valence-corrected chi connectivity index (χ0v) is 14.9. The fraction of sp³-hybridized carbons (Fsp3) is 0.368. The third kappa shape index (κ3) is 4.45. The van der Waals surface area contributed by atoms with Gasteiger partial charge in [-0.2, -0.15) is 10.5 Å². The predicted molar refractivity (Wildman–Crippen MR) is 92.5 cm³/mol. The van der Waals surface area contributed by atoms with E-state index in [0.717, 1.165) is 22.5 Å². The van der Waals surface area contributed by atoms with Gasteiger partial charge in [-0.05, 0) is 51.0 Å². The molecular weight excluding hydrogens is 316 g/mol. The van der Waals surface area contributed by atoms with Crippen LogP contribution in [0.1, 0.15) is 40.1 Å². The molecule has 6 heteroatoms. The predicted octanol–water partition coefficient (Wildman–Crippen LogP) is 3.30. The first-order chi connectivity index (χ1) is 12.0. The van der Waals surface area contributed by atoms with Crippen molar-refractivity contribution in [2.24, 2.45) is 0 Å². The molecule has 0 aliphatic heterocycles. The highest BCUT2D eigenvalue weighted by Gasteiger charge is 2.11. The van der Waals surface area contributed by atoms with Crippen molar-refractivity contribution >= 4 is 0 Å². The summed E-state index contributed by atoms with van der Waals surface area (Å²) < 4.78 is 11.3. The van der Waals surface area contributed by atoms with Crippen LogP contribution >= 0.6 is 0 Å². The minimum atomic E-state index is 0.349. The summed E-state index contributed by atoms with van der Waals surface area (Å²) in [6.07, 6.45) is 0.582. The van der Waals surface area contributed by atoms with Gasteiger partial charge in [0.15, 0.2) is 0 Å². The zero-order chi connectivity index (χ0) is 18.4. The van der Waals surface area contributed by atoms with Crippen LogP contribution in [0.2, 0.25) is 0 Å². The molecule has 0 radical (unpaired) electrons. The van der Waals surface area contributed by atoms with Gasteiger partial charge in [0, 0.05) is 17.8 Å². The molecule has 128 valence electrons. The molecule has 2 aromatic heterocycles. The SMILES string of the molecule is Cc1cc(C)c(C#N)c(OCCCOc2nc(C)cc(C)c2C#N)n1. The van der Waals surface area contributed by atoms with Crippen LogP contribution in [0, 0.1) is 50.4 Å². The number of ether oxygens (including phenoxy) is 2. The van der Waals surface area contributed by atoms with Gasteiger partial charge < -0.3 is 9.47 Å². The molecule has 0 fully saturated rings. The summed E-state index contributed by atoms with van der Waals surface area (Å²) in [7, 11) is 0. The number of nitrogens with zero attached hydrogens (tertiary/aromatic N) is 4. The first kappa shape index (κ1) is 18.2. The molecular formula is C19H20N4O2. The number of pyridine rings is 2. The van der Waals surface area contributed by atoms with E-state index >= 15 is 0 Å². The van der Waals surface area contributed by atoms with Crippen molar-refractivity contribution in [1.82, 2.24) is 9.97 Å². The van der Waals surface area contributed by atoms with Gasteiger partial charge in [0.25, 0.3) is 0 Å². The smallest absolute Gasteiger partial charge is 0.232 e. The van der Waals surface area contributed by atoms with Crippen molar-refractivity contribution < 1.29 is 9.47 Å². The Balaban J connectivity index is 1.94. The summed E-state index contributed by atoms with van der Waals surface area (Å²) in [6.45, 7) is 8.16. The third-order valence-corrected chi connectivity index (χ3v) is 3.61. The van der Waals surface area contributed by atoms with E-state index in [4.69, 9.17) is 9.47 Å². The minimum Gasteiger partial charge on any atom is -0.477 e. The molecule has 2 heterocycles. The van der Waals surface area contributed by atoms with Crippen molar-refractivity contribution in [1.29, 1.82) is 10.5 Å². The number of nitriles is 2. The second-order valence-electron chi connectivity index (χ2n) is 5.80. The van der Waals surface area contributed by atoms with Crippen LogP contribution in [0.25, 0.3) is 0 Å². The molecule has 0 spiro atoms. The lowest BCUT2D eigenvalue weighted by Gasteiger charge is -2.11. The lowest BCUT2D eigenvalue weighted by Crippen LogP contribution is -2.09. The van der Waals surface area contributed by atoms with Crippen LogP contribution in [0.3, 0.4) is 0 Å². The monoisotopic (exact) mass is 336 g/mol. The number of aryl methyl sites for hydroxylation is 4. The molecule has 0 unspecified atom stereocenters. The van der Waals surface area contributed by atoms with Crippen molar-refractivity contribution in [3.8, 4) is 23.9 Å². The van der Waals surface area contributed by atoms with Crippen LogP contribution in [0.4, 0.5) is 0 Å². The Kier molecular flexibility index (Phi) is 5.92. The zero-order valence-electron chi connectivity index (χ0n) is 14.9. The van der Waals surface area contributed by atoms with Gasteiger partial charge in [0.05, 0.1) is 13.2 Å². The molecule has 0 N–H and O–H groups in total. The van der Waals surface area contributed by atoms with E-state index < -0.39 is 0 Å². The van der Waals surface area contributed by atoms with Gasteiger partial charge in [-0.1, -0.05) is 0 Å². The largest absolute Gasteiger partial charge is 0.477 e. The van der Waals surface area contributed by atoms with Gasteiger partial charge in [-0.3, -0.25) is 0 Å². The van der Waals surface area contributed by atoms with Crippen LogP contribution < -0.4 is 9.47 Å². The Morgan fingerprint density at radius 2 is 1.20 bits per heavy atom. The first-order valence-corrected chi connectivity index (χ1v) is 7.98. The Bertz CT molecular complexity index is 792. The first-order valence-electron chi connectivity index (χ1n) is 7.98. The molecule has 25 heavy (non-hydrogen) atoms. The van der Waals surface area contributed by atoms with Crippen molar-refractivity contribution in [2.75, 3.05) is 13.2 Å². The summed E-state index contributed by atoms with van der Waals surface area (Å²) >= 11 is 0. The van der Waals surface area contributed by atoms with Crippen LogP contribution in [0.15, 0.2) is 12.1 Å². The third-order valence-electron chi connectivity index (χ3n) is 3.61. The molecule has 0 aliphatic rings. The normalized spacial score (nSPS) is 10.0. The summed E-state index contributed by atoms with van der Waals surface area (Å²) in [4.78, 5) is 8.54. The summed E-state index contributed by atoms with van der Waals surface area (Å²) in [5, 5.41) is 18.4. The maximum Gasteiger partial charge on any atom is 0.232 e. The van der Waals surface area contributed by atoms with Gasteiger partial charge in [0.2, 0.25) is 11.8 Å². The average molecular weight is 336 g/mol. The van der Waals surface area contributed by atoms with E-state index in [-0.39, 0.29) is 0 Å². The van der Waals surface area contributed by atoms with Gasteiger partial charge in [-0.25, -0.2) is 9.97 Å². The standard InChI is InChI=1S/C19H20N4O2/c1-12-8-14(3)22-18(16(12)10-20)24-6-5-7-25-19-17(11-21)13(2)9-15(4)23-19/h8-9H,5-7H2,1-4H3. The number of hydrogen-bond donors (Lipinski definition) is 0. The highest BCUT2D eigenvalue weighted by molar-refractivity contribution is 5.46. The molecule has 2 rings (SSSR count). The lowest BCUT2D eigenvalue weighted by atomic mass is 10.1. The molecule has 0 saturated heterocycles. The Morgan fingerprint density at radius 1 is 0.800 bits per heavy atom. The second-order valence-corrected chi connectivity index (χ2v) is 5.80. The van der Waals surface area contributed by atoms with E-state index in [2.05, 4.69) is 22.1 Å².